The molecular formula is C24H32AuClP+. The zero-order chi connectivity index (χ0) is 18.9. The van der Waals surface area contributed by atoms with Crippen LogP contribution in [0.2, 0.25) is 0 Å². The molecule has 3 heteroatoms. The Bertz CT molecular complexity index is 645. The molecule has 0 spiro atoms. The molecule has 0 aliphatic heterocycles. The second kappa shape index (κ2) is 11.8. The molecule has 2 aliphatic rings. The summed E-state index contributed by atoms with van der Waals surface area (Å²) in [5.74, 6) is 0. The molecule has 0 saturated heterocycles. The van der Waals surface area contributed by atoms with Gasteiger partial charge in [-0.25, -0.2) is 0 Å². The number of rotatable bonds is 4. The second-order valence-electron chi connectivity index (χ2n) is 8.04. The smallest absolute Gasteiger partial charge is 0.0622 e. The van der Waals surface area contributed by atoms with Crippen molar-refractivity contribution in [2.75, 3.05) is 0 Å². The normalized spacial score (nSPS) is 18.8. The second-order valence-corrected chi connectivity index (χ2v) is 11.1. The summed E-state index contributed by atoms with van der Waals surface area (Å²) < 4.78 is 0. The maximum absolute atomic E-state index is 4.58. The molecule has 2 aliphatic carbocycles. The third kappa shape index (κ3) is 5.71. The van der Waals surface area contributed by atoms with Crippen molar-refractivity contribution in [1.29, 1.82) is 0 Å². The Hall–Kier alpha value is -0.0997. The van der Waals surface area contributed by atoms with Gasteiger partial charge >= 0.3 is 29.2 Å². The Morgan fingerprint density at radius 1 is 0.630 bits per heavy atom. The molecule has 0 bridgehead atoms. The van der Waals surface area contributed by atoms with E-state index in [1.165, 1.54) is 75.3 Å². The molecule has 0 nitrogen and oxygen atoms in total. The maximum atomic E-state index is 4.58. The first-order chi connectivity index (χ1) is 13.4. The van der Waals surface area contributed by atoms with Crippen LogP contribution < -0.4 is 5.30 Å². The predicted octanol–water partition coefficient (Wildman–Crippen LogP) is 7.55. The van der Waals surface area contributed by atoms with Gasteiger partial charge in [0.15, 0.2) is 0 Å². The van der Waals surface area contributed by atoms with E-state index in [9.17, 15) is 0 Å². The van der Waals surface area contributed by atoms with E-state index in [2.05, 4.69) is 63.8 Å². The summed E-state index contributed by atoms with van der Waals surface area (Å²) in [6.45, 7) is 0. The Morgan fingerprint density at radius 3 is 1.67 bits per heavy atom. The Labute approximate surface area is 183 Å². The Morgan fingerprint density at radius 2 is 1.11 bits per heavy atom. The first kappa shape index (κ1) is 21.6. The van der Waals surface area contributed by atoms with Gasteiger partial charge in [0.2, 0.25) is 0 Å². The number of hydrogen-bond donors (Lipinski definition) is 0. The zero-order valence-electron chi connectivity index (χ0n) is 16.1. The molecule has 4 rings (SSSR count). The van der Waals surface area contributed by atoms with Crippen molar-refractivity contribution in [3.63, 3.8) is 0 Å². The fraction of sp³-hybridized carbons (Fsp3) is 0.500. The van der Waals surface area contributed by atoms with Crippen molar-refractivity contribution in [1.82, 2.24) is 0 Å². The molecule has 2 aromatic rings. The molecule has 2 aromatic carbocycles. The first-order valence-electron chi connectivity index (χ1n) is 10.6. The number of benzene rings is 2. The fourth-order valence-electron chi connectivity index (χ4n) is 5.20. The van der Waals surface area contributed by atoms with Crippen molar-refractivity contribution in [3.05, 3.63) is 54.6 Å². The summed E-state index contributed by atoms with van der Waals surface area (Å²) in [4.78, 5) is 0. The third-order valence-corrected chi connectivity index (χ3v) is 10.4. The van der Waals surface area contributed by atoms with Gasteiger partial charge in [-0.2, -0.15) is 0 Å². The Kier molecular flexibility index (Phi) is 9.44. The molecule has 0 amide bonds. The molecule has 27 heavy (non-hydrogen) atoms. The van der Waals surface area contributed by atoms with Crippen LogP contribution in [0.3, 0.4) is 0 Å². The van der Waals surface area contributed by atoms with Crippen LogP contribution in [0.25, 0.3) is 11.1 Å². The molecule has 0 atom stereocenters. The average molecular weight is 584 g/mol. The van der Waals surface area contributed by atoms with E-state index in [1.54, 1.807) is 25.3 Å². The average Bonchev–Trinajstić information content (AvgIpc) is 2.78. The topological polar surface area (TPSA) is 0 Å². The van der Waals surface area contributed by atoms with Crippen LogP contribution in [-0.4, -0.2) is 11.3 Å². The van der Waals surface area contributed by atoms with Crippen LogP contribution in [-0.2, 0) is 20.0 Å². The fourth-order valence-corrected chi connectivity index (χ4v) is 9.64. The van der Waals surface area contributed by atoms with E-state index in [0.717, 1.165) is 11.3 Å². The van der Waals surface area contributed by atoms with Gasteiger partial charge in [-0.3, -0.25) is 0 Å². The Balaban J connectivity index is 0.00000102. The van der Waals surface area contributed by atoms with Crippen LogP contribution in [0, 0.1) is 0 Å². The van der Waals surface area contributed by atoms with Gasteiger partial charge in [0.1, 0.15) is 0 Å². The van der Waals surface area contributed by atoms with Crippen molar-refractivity contribution in [2.45, 2.75) is 75.5 Å². The van der Waals surface area contributed by atoms with Gasteiger partial charge in [0, 0.05) is 13.5 Å². The molecule has 0 radical (unpaired) electrons. The van der Waals surface area contributed by atoms with E-state index in [1.807, 2.05) is 0 Å². The van der Waals surface area contributed by atoms with Gasteiger partial charge in [-0.15, -0.1) is 0 Å². The van der Waals surface area contributed by atoms with Gasteiger partial charge in [-0.05, 0) is 63.0 Å². The standard InChI is InChI=1S/C24H31P.Au.ClH/c1-4-12-20(13-5-1)23-18-10-11-19-24(23)25(21-14-6-2-7-15-21)22-16-8-3-9-17-22;;/h1,4-5,10-13,18-19,21-22H,2-3,6-9,14-17H2;;1H/q;+1;. The van der Waals surface area contributed by atoms with E-state index in [-0.39, 0.29) is 0 Å². The summed E-state index contributed by atoms with van der Waals surface area (Å²) >= 11 is 1.75. The van der Waals surface area contributed by atoms with E-state index >= 15 is 0 Å². The van der Waals surface area contributed by atoms with Crippen LogP contribution >= 0.6 is 17.1 Å². The van der Waals surface area contributed by atoms with E-state index in [0.29, 0.717) is 0 Å². The number of hydrogen-bond acceptors (Lipinski definition) is 0. The van der Waals surface area contributed by atoms with Gasteiger partial charge < -0.3 is 0 Å². The van der Waals surface area contributed by atoms with E-state index in [4.69, 9.17) is 0 Å². The minimum atomic E-state index is -0.500. The SMILES string of the molecule is [Cl][Au].c1ccc(-c2ccccc2[PH+](C2CCCCC2)C2CCCCC2)cc1. The summed E-state index contributed by atoms with van der Waals surface area (Å²) in [6, 6.07) is 20.6. The quantitative estimate of drug-likeness (QED) is 0.258. The molecule has 0 unspecified atom stereocenters. The minimum absolute atomic E-state index is 0.500. The van der Waals surface area contributed by atoms with Crippen LogP contribution in [0.15, 0.2) is 54.6 Å². The van der Waals surface area contributed by atoms with Gasteiger partial charge in [0.25, 0.3) is 0 Å². The molecule has 2 fully saturated rings. The summed E-state index contributed by atoms with van der Waals surface area (Å²) in [5, 5.41) is 1.75. The first-order valence-corrected chi connectivity index (χ1v) is 14.9. The van der Waals surface area contributed by atoms with Crippen molar-refractivity contribution < 1.29 is 20.0 Å². The third-order valence-electron chi connectivity index (χ3n) is 6.41. The molecule has 0 N–H and O–H groups in total. The molecule has 0 aromatic heterocycles. The summed E-state index contributed by atoms with van der Waals surface area (Å²) in [6.07, 6.45) is 14.8. The van der Waals surface area contributed by atoms with Crippen molar-refractivity contribution in [2.24, 2.45) is 0 Å². The molecular weight excluding hydrogens is 552 g/mol. The molecule has 150 valence electrons. The molecule has 2 saturated carbocycles. The monoisotopic (exact) mass is 583 g/mol. The minimum Gasteiger partial charge on any atom is -0.0622 e. The van der Waals surface area contributed by atoms with Crippen LogP contribution in [0.1, 0.15) is 64.2 Å². The largest absolute Gasteiger partial charge is 0.0998 e. The zero-order valence-corrected chi connectivity index (χ0v) is 20.0. The maximum Gasteiger partial charge on any atom is 0.0998 e. The van der Waals surface area contributed by atoms with Gasteiger partial charge in [0.05, 0.1) is 16.6 Å². The predicted molar refractivity (Wildman–Crippen MR) is 119 cm³/mol. The van der Waals surface area contributed by atoms with Crippen molar-refractivity contribution in [3.8, 4) is 11.1 Å². The molecule has 0 heterocycles. The van der Waals surface area contributed by atoms with Crippen LogP contribution in [0.4, 0.5) is 0 Å². The van der Waals surface area contributed by atoms with Crippen molar-refractivity contribution >= 4 is 22.4 Å². The van der Waals surface area contributed by atoms with E-state index < -0.39 is 7.92 Å². The summed E-state index contributed by atoms with van der Waals surface area (Å²) in [5.41, 5.74) is 4.97. The van der Waals surface area contributed by atoms with Crippen LogP contribution in [0.5, 0.6) is 0 Å². The summed E-state index contributed by atoms with van der Waals surface area (Å²) in [7, 11) is 4.08. The van der Waals surface area contributed by atoms with Gasteiger partial charge in [-0.1, -0.05) is 61.4 Å². The number of halogens is 1.